The number of nitrogens with zero attached hydrogens (tertiary/aromatic N) is 4. The van der Waals surface area contributed by atoms with Crippen molar-refractivity contribution in [3.8, 4) is 0 Å². The lowest BCUT2D eigenvalue weighted by atomic mass is 10.1. The number of benzene rings is 2. The molecule has 6 heteroatoms. The smallest absolute Gasteiger partial charge is 0.276 e. The Morgan fingerprint density at radius 2 is 1.76 bits per heavy atom. The standard InChI is InChI=1S/C23H26N4O2/c28-23(22-17-27(25-24-22)15-13-19-8-3-1-4-9-19)26-14-7-12-21(16-26)29-18-20-10-5-2-6-11-20/h1-6,8-11,17,21H,7,12-16,18H2/t21-/m1/s1. The number of aryl methyl sites for hydroxylation is 2. The number of hydrogen-bond donors (Lipinski definition) is 0. The highest BCUT2D eigenvalue weighted by Gasteiger charge is 2.26. The Morgan fingerprint density at radius 1 is 1.03 bits per heavy atom. The second-order valence-corrected chi connectivity index (χ2v) is 7.41. The number of rotatable bonds is 7. The van der Waals surface area contributed by atoms with E-state index < -0.39 is 0 Å². The molecule has 2 aromatic carbocycles. The minimum Gasteiger partial charge on any atom is -0.372 e. The van der Waals surface area contributed by atoms with Crippen LogP contribution in [-0.4, -0.2) is 45.0 Å². The first-order chi connectivity index (χ1) is 14.3. The molecule has 150 valence electrons. The van der Waals surface area contributed by atoms with E-state index in [1.54, 1.807) is 10.9 Å². The number of amides is 1. The number of piperidine rings is 1. The Kier molecular flexibility index (Phi) is 6.32. The molecule has 0 N–H and O–H groups in total. The van der Waals surface area contributed by atoms with Crippen LogP contribution in [0.2, 0.25) is 0 Å². The van der Waals surface area contributed by atoms with Crippen LogP contribution in [0.3, 0.4) is 0 Å². The molecular weight excluding hydrogens is 364 g/mol. The highest BCUT2D eigenvalue weighted by Crippen LogP contribution is 2.17. The van der Waals surface area contributed by atoms with Crippen molar-refractivity contribution in [1.29, 1.82) is 0 Å². The molecule has 0 saturated carbocycles. The maximum Gasteiger partial charge on any atom is 0.276 e. The molecule has 1 amide bonds. The van der Waals surface area contributed by atoms with Gasteiger partial charge in [0.2, 0.25) is 0 Å². The van der Waals surface area contributed by atoms with Crippen LogP contribution in [0, 0.1) is 0 Å². The van der Waals surface area contributed by atoms with E-state index in [-0.39, 0.29) is 12.0 Å². The van der Waals surface area contributed by atoms with Crippen molar-refractivity contribution < 1.29 is 9.53 Å². The molecule has 1 fully saturated rings. The van der Waals surface area contributed by atoms with Gasteiger partial charge >= 0.3 is 0 Å². The summed E-state index contributed by atoms with van der Waals surface area (Å²) < 4.78 is 7.79. The maximum absolute atomic E-state index is 12.9. The van der Waals surface area contributed by atoms with Crippen LogP contribution in [0.1, 0.15) is 34.5 Å². The lowest BCUT2D eigenvalue weighted by Gasteiger charge is -2.32. The average molecular weight is 390 g/mol. The van der Waals surface area contributed by atoms with Crippen LogP contribution in [0.15, 0.2) is 66.9 Å². The zero-order chi connectivity index (χ0) is 19.9. The molecule has 2 heterocycles. The lowest BCUT2D eigenvalue weighted by Crippen LogP contribution is -2.43. The van der Waals surface area contributed by atoms with E-state index >= 15 is 0 Å². The highest BCUT2D eigenvalue weighted by atomic mass is 16.5. The van der Waals surface area contributed by atoms with E-state index in [9.17, 15) is 4.79 Å². The van der Waals surface area contributed by atoms with Gasteiger partial charge in [-0.1, -0.05) is 65.9 Å². The molecule has 0 spiro atoms. The Bertz CT molecular complexity index is 911. The predicted molar refractivity (Wildman–Crippen MR) is 110 cm³/mol. The number of aromatic nitrogens is 3. The van der Waals surface area contributed by atoms with Crippen molar-refractivity contribution in [3.05, 3.63) is 83.7 Å². The molecular formula is C23H26N4O2. The molecule has 6 nitrogen and oxygen atoms in total. The molecule has 1 aliphatic heterocycles. The van der Waals surface area contributed by atoms with Crippen LogP contribution in [0.4, 0.5) is 0 Å². The van der Waals surface area contributed by atoms with Gasteiger partial charge in [-0.15, -0.1) is 5.10 Å². The van der Waals surface area contributed by atoms with E-state index in [1.165, 1.54) is 5.56 Å². The topological polar surface area (TPSA) is 60.2 Å². The van der Waals surface area contributed by atoms with Gasteiger partial charge in [0.1, 0.15) is 0 Å². The van der Waals surface area contributed by atoms with Crippen molar-refractivity contribution in [2.75, 3.05) is 13.1 Å². The molecule has 0 radical (unpaired) electrons. The van der Waals surface area contributed by atoms with Crippen LogP contribution in [0.25, 0.3) is 0 Å². The fourth-order valence-corrected chi connectivity index (χ4v) is 3.60. The number of carbonyl (C=O) groups excluding carboxylic acids is 1. The first-order valence-electron chi connectivity index (χ1n) is 10.2. The Hall–Kier alpha value is -2.99. The number of hydrogen-bond acceptors (Lipinski definition) is 4. The first-order valence-corrected chi connectivity index (χ1v) is 10.2. The molecule has 3 aromatic rings. The van der Waals surface area contributed by atoms with Crippen LogP contribution in [-0.2, 0) is 24.3 Å². The SMILES string of the molecule is O=C(c1cn(CCc2ccccc2)nn1)N1CCC[C@@H](OCc2ccccc2)C1. The fourth-order valence-electron chi connectivity index (χ4n) is 3.60. The molecule has 29 heavy (non-hydrogen) atoms. The zero-order valence-corrected chi connectivity index (χ0v) is 16.5. The number of carbonyl (C=O) groups is 1. The molecule has 0 unspecified atom stereocenters. The Balaban J connectivity index is 1.30. The molecule has 0 bridgehead atoms. The summed E-state index contributed by atoms with van der Waals surface area (Å²) in [7, 11) is 0. The largest absolute Gasteiger partial charge is 0.372 e. The van der Waals surface area contributed by atoms with Crippen LogP contribution in [0.5, 0.6) is 0 Å². The van der Waals surface area contributed by atoms with Crippen molar-refractivity contribution >= 4 is 5.91 Å². The Morgan fingerprint density at radius 3 is 2.52 bits per heavy atom. The summed E-state index contributed by atoms with van der Waals surface area (Å²) in [6.07, 6.45) is 4.57. The molecule has 4 rings (SSSR count). The van der Waals surface area contributed by atoms with Crippen molar-refractivity contribution in [2.45, 2.75) is 38.5 Å². The van der Waals surface area contributed by atoms with Crippen LogP contribution < -0.4 is 0 Å². The molecule has 1 aromatic heterocycles. The summed E-state index contributed by atoms with van der Waals surface area (Å²) >= 11 is 0. The van der Waals surface area contributed by atoms with Gasteiger partial charge in [-0.2, -0.15) is 0 Å². The molecule has 0 aliphatic carbocycles. The van der Waals surface area contributed by atoms with E-state index in [1.807, 2.05) is 41.3 Å². The van der Waals surface area contributed by atoms with Crippen molar-refractivity contribution in [1.82, 2.24) is 19.9 Å². The van der Waals surface area contributed by atoms with E-state index in [4.69, 9.17) is 4.74 Å². The van der Waals surface area contributed by atoms with Crippen LogP contribution >= 0.6 is 0 Å². The monoisotopic (exact) mass is 390 g/mol. The summed E-state index contributed by atoms with van der Waals surface area (Å²) in [6, 6.07) is 20.4. The predicted octanol–water partition coefficient (Wildman–Crippen LogP) is 3.34. The lowest BCUT2D eigenvalue weighted by molar-refractivity contribution is -0.00689. The van der Waals surface area contributed by atoms with Gasteiger partial charge in [0.25, 0.3) is 5.91 Å². The summed E-state index contributed by atoms with van der Waals surface area (Å²) in [5.41, 5.74) is 2.80. The summed E-state index contributed by atoms with van der Waals surface area (Å²) in [4.78, 5) is 14.7. The third kappa shape index (κ3) is 5.29. The average Bonchev–Trinajstić information content (AvgIpc) is 3.26. The normalized spacial score (nSPS) is 16.7. The highest BCUT2D eigenvalue weighted by molar-refractivity contribution is 5.92. The van der Waals surface area contributed by atoms with E-state index in [0.29, 0.717) is 25.4 Å². The fraction of sp³-hybridized carbons (Fsp3) is 0.348. The third-order valence-corrected chi connectivity index (χ3v) is 5.22. The zero-order valence-electron chi connectivity index (χ0n) is 16.5. The van der Waals surface area contributed by atoms with Gasteiger partial charge in [0.05, 0.1) is 18.9 Å². The summed E-state index contributed by atoms with van der Waals surface area (Å²) in [6.45, 7) is 2.61. The summed E-state index contributed by atoms with van der Waals surface area (Å²) in [5, 5.41) is 8.23. The van der Waals surface area contributed by atoms with Gasteiger partial charge in [-0.3, -0.25) is 9.48 Å². The molecule has 1 atom stereocenters. The minimum absolute atomic E-state index is 0.0565. The second kappa shape index (κ2) is 9.47. The van der Waals surface area contributed by atoms with Gasteiger partial charge < -0.3 is 9.64 Å². The second-order valence-electron chi connectivity index (χ2n) is 7.41. The van der Waals surface area contributed by atoms with Gasteiger partial charge in [0.15, 0.2) is 5.69 Å². The minimum atomic E-state index is -0.0658. The quantitative estimate of drug-likeness (QED) is 0.621. The van der Waals surface area contributed by atoms with Gasteiger partial charge in [0, 0.05) is 19.6 Å². The van der Waals surface area contributed by atoms with Gasteiger partial charge in [-0.25, -0.2) is 0 Å². The Labute approximate surface area is 171 Å². The summed E-state index contributed by atoms with van der Waals surface area (Å²) in [5.74, 6) is -0.0658. The number of ether oxygens (including phenoxy) is 1. The first kappa shape index (κ1) is 19.3. The maximum atomic E-state index is 12.9. The molecule has 1 saturated heterocycles. The van der Waals surface area contributed by atoms with Gasteiger partial charge in [-0.05, 0) is 30.4 Å². The molecule has 1 aliphatic rings. The van der Waals surface area contributed by atoms with Crippen molar-refractivity contribution in [3.63, 3.8) is 0 Å². The van der Waals surface area contributed by atoms with E-state index in [0.717, 1.165) is 31.4 Å². The third-order valence-electron chi connectivity index (χ3n) is 5.22. The number of likely N-dealkylation sites (tertiary alicyclic amines) is 1. The van der Waals surface area contributed by atoms with E-state index in [2.05, 4.69) is 34.6 Å². The van der Waals surface area contributed by atoms with Crippen molar-refractivity contribution in [2.24, 2.45) is 0 Å².